The molecule has 0 radical (unpaired) electrons. The summed E-state index contributed by atoms with van der Waals surface area (Å²) in [7, 11) is 1.87. The van der Waals surface area contributed by atoms with Gasteiger partial charge in [0.1, 0.15) is 5.75 Å². The van der Waals surface area contributed by atoms with Gasteiger partial charge in [-0.3, -0.25) is 4.99 Å². The average Bonchev–Trinajstić information content (AvgIpc) is 3.24. The molecule has 6 heteroatoms. The zero-order chi connectivity index (χ0) is 19.9. The number of para-hydroxylation sites is 1. The Morgan fingerprint density at radius 3 is 2.77 bits per heavy atom. The van der Waals surface area contributed by atoms with Crippen molar-refractivity contribution in [1.82, 2.24) is 10.2 Å². The van der Waals surface area contributed by atoms with Crippen molar-refractivity contribution >= 4 is 29.9 Å². The van der Waals surface area contributed by atoms with Gasteiger partial charge in [0.05, 0.1) is 19.8 Å². The maximum Gasteiger partial charge on any atom is 0.193 e. The molecule has 0 spiro atoms. The van der Waals surface area contributed by atoms with Gasteiger partial charge >= 0.3 is 0 Å². The van der Waals surface area contributed by atoms with Gasteiger partial charge in [0, 0.05) is 38.5 Å². The molecule has 5 nitrogen and oxygen atoms in total. The predicted octanol–water partition coefficient (Wildman–Crippen LogP) is 4.28. The van der Waals surface area contributed by atoms with E-state index in [1.54, 1.807) is 0 Å². The van der Waals surface area contributed by atoms with E-state index in [9.17, 15) is 0 Å². The van der Waals surface area contributed by atoms with Gasteiger partial charge in [0.2, 0.25) is 0 Å². The van der Waals surface area contributed by atoms with Gasteiger partial charge in [0.25, 0.3) is 0 Å². The second-order valence-electron chi connectivity index (χ2n) is 7.90. The second-order valence-corrected chi connectivity index (χ2v) is 7.90. The normalized spacial score (nSPS) is 20.8. The average molecular weight is 521 g/mol. The summed E-state index contributed by atoms with van der Waals surface area (Å²) in [6.07, 6.45) is 2.19. The largest absolute Gasteiger partial charge is 0.493 e. The van der Waals surface area contributed by atoms with E-state index in [2.05, 4.69) is 57.7 Å². The van der Waals surface area contributed by atoms with Crippen molar-refractivity contribution in [2.24, 2.45) is 10.9 Å². The van der Waals surface area contributed by atoms with E-state index >= 15 is 0 Å². The number of ether oxygens (including phenoxy) is 2. The molecule has 30 heavy (non-hydrogen) atoms. The second kappa shape index (κ2) is 11.6. The quantitative estimate of drug-likeness (QED) is 0.350. The number of guanidine groups is 1. The van der Waals surface area contributed by atoms with E-state index in [4.69, 9.17) is 9.47 Å². The first-order chi connectivity index (χ1) is 14.3. The lowest BCUT2D eigenvalue weighted by Gasteiger charge is -2.28. The Bertz CT molecular complexity index is 815. The highest BCUT2D eigenvalue weighted by Gasteiger charge is 2.26. The lowest BCUT2D eigenvalue weighted by atomic mass is 9.93. The Morgan fingerprint density at radius 2 is 1.93 bits per heavy atom. The van der Waals surface area contributed by atoms with Crippen LogP contribution in [0.1, 0.15) is 29.9 Å². The van der Waals surface area contributed by atoms with Crippen LogP contribution < -0.4 is 10.1 Å². The van der Waals surface area contributed by atoms with Crippen LogP contribution in [0, 0.1) is 5.92 Å². The van der Waals surface area contributed by atoms with Crippen LogP contribution in [0.15, 0.2) is 59.6 Å². The summed E-state index contributed by atoms with van der Waals surface area (Å²) >= 11 is 0. The van der Waals surface area contributed by atoms with Crippen LogP contribution in [0.25, 0.3) is 0 Å². The van der Waals surface area contributed by atoms with E-state index in [1.165, 1.54) is 11.1 Å². The van der Waals surface area contributed by atoms with Crippen molar-refractivity contribution in [1.29, 1.82) is 0 Å². The third-order valence-corrected chi connectivity index (χ3v) is 5.85. The number of hydrogen-bond donors (Lipinski definition) is 1. The molecule has 1 N–H and O–H groups in total. The lowest BCUT2D eigenvalue weighted by Crippen LogP contribution is -2.42. The molecule has 0 bridgehead atoms. The molecule has 2 heterocycles. The summed E-state index contributed by atoms with van der Waals surface area (Å²) in [6.45, 7) is 5.19. The van der Waals surface area contributed by atoms with Crippen LogP contribution in [0.5, 0.6) is 5.75 Å². The maximum atomic E-state index is 5.96. The van der Waals surface area contributed by atoms with Crippen LogP contribution in [-0.2, 0) is 11.3 Å². The topological polar surface area (TPSA) is 46.1 Å². The molecule has 2 aliphatic heterocycles. The molecule has 0 saturated carbocycles. The fourth-order valence-electron chi connectivity index (χ4n) is 4.25. The van der Waals surface area contributed by atoms with Crippen LogP contribution in [0.3, 0.4) is 0 Å². The van der Waals surface area contributed by atoms with E-state index in [1.807, 2.05) is 19.2 Å². The summed E-state index contributed by atoms with van der Waals surface area (Å²) in [6, 6.07) is 18.8. The standard InChI is InChI=1S/C24H31N3O2.HI/c1-25-24(26-15-21-12-14-29-23-10-6-5-9-22(21)23)27-13-11-20(16-27)18-28-17-19-7-3-2-4-8-19;/h2-10,20-21H,11-18H2,1H3,(H,25,26);1H. The van der Waals surface area contributed by atoms with Gasteiger partial charge in [-0.15, -0.1) is 24.0 Å². The zero-order valence-corrected chi connectivity index (χ0v) is 20.0. The molecule has 1 saturated heterocycles. The third kappa shape index (κ3) is 5.88. The fourth-order valence-corrected chi connectivity index (χ4v) is 4.25. The summed E-state index contributed by atoms with van der Waals surface area (Å²) in [5.41, 5.74) is 2.53. The Kier molecular flexibility index (Phi) is 8.81. The first-order valence-corrected chi connectivity index (χ1v) is 10.6. The van der Waals surface area contributed by atoms with Gasteiger partial charge in [-0.1, -0.05) is 48.5 Å². The van der Waals surface area contributed by atoms with Gasteiger partial charge in [-0.25, -0.2) is 0 Å². The van der Waals surface area contributed by atoms with Crippen molar-refractivity contribution in [2.45, 2.75) is 25.4 Å². The van der Waals surface area contributed by atoms with E-state index < -0.39 is 0 Å². The summed E-state index contributed by atoms with van der Waals surface area (Å²) in [5, 5.41) is 3.60. The smallest absolute Gasteiger partial charge is 0.193 e. The van der Waals surface area contributed by atoms with Gasteiger partial charge in [-0.05, 0) is 30.0 Å². The molecular formula is C24H32IN3O2. The highest BCUT2D eigenvalue weighted by atomic mass is 127. The fraction of sp³-hybridized carbons (Fsp3) is 0.458. The number of rotatable bonds is 6. The van der Waals surface area contributed by atoms with Crippen molar-refractivity contribution in [2.75, 3.05) is 39.9 Å². The molecule has 2 atom stereocenters. The molecule has 2 aromatic rings. The number of fused-ring (bicyclic) bond motifs is 1. The molecule has 2 aliphatic rings. The minimum Gasteiger partial charge on any atom is -0.493 e. The number of hydrogen-bond acceptors (Lipinski definition) is 3. The van der Waals surface area contributed by atoms with Crippen LogP contribution in [0.2, 0.25) is 0 Å². The molecule has 1 fully saturated rings. The molecule has 4 rings (SSSR count). The Labute approximate surface area is 196 Å². The van der Waals surface area contributed by atoms with Crippen LogP contribution in [-0.4, -0.2) is 50.8 Å². The van der Waals surface area contributed by atoms with Crippen molar-refractivity contribution in [3.63, 3.8) is 0 Å². The SMILES string of the molecule is CN=C(NCC1CCOc2ccccc21)N1CCC(COCc2ccccc2)C1.I. The Morgan fingerprint density at radius 1 is 1.13 bits per heavy atom. The third-order valence-electron chi connectivity index (χ3n) is 5.85. The number of nitrogens with one attached hydrogen (secondary N) is 1. The van der Waals surface area contributed by atoms with Crippen molar-refractivity contribution in [3.05, 3.63) is 65.7 Å². The molecule has 0 amide bonds. The zero-order valence-electron chi connectivity index (χ0n) is 17.6. The van der Waals surface area contributed by atoms with Gasteiger partial charge < -0.3 is 19.7 Å². The number of nitrogens with zero attached hydrogens (tertiary/aromatic N) is 2. The maximum absolute atomic E-state index is 5.96. The first kappa shape index (κ1) is 22.9. The highest BCUT2D eigenvalue weighted by Crippen LogP contribution is 2.32. The van der Waals surface area contributed by atoms with Crippen molar-refractivity contribution < 1.29 is 9.47 Å². The van der Waals surface area contributed by atoms with E-state index in [-0.39, 0.29) is 24.0 Å². The number of likely N-dealkylation sites (tertiary alicyclic amines) is 1. The Balaban J connectivity index is 0.00000256. The number of benzene rings is 2. The lowest BCUT2D eigenvalue weighted by molar-refractivity contribution is 0.0906. The van der Waals surface area contributed by atoms with Gasteiger partial charge in [0.15, 0.2) is 5.96 Å². The van der Waals surface area contributed by atoms with Crippen molar-refractivity contribution in [3.8, 4) is 5.75 Å². The predicted molar refractivity (Wildman–Crippen MR) is 132 cm³/mol. The monoisotopic (exact) mass is 521 g/mol. The minimum atomic E-state index is 0. The van der Waals surface area contributed by atoms with Gasteiger partial charge in [-0.2, -0.15) is 0 Å². The van der Waals surface area contributed by atoms with Crippen LogP contribution in [0.4, 0.5) is 0 Å². The molecule has 0 aliphatic carbocycles. The summed E-state index contributed by atoms with van der Waals surface area (Å²) in [5.74, 6) is 3.04. The molecule has 162 valence electrons. The highest BCUT2D eigenvalue weighted by molar-refractivity contribution is 14.0. The molecule has 2 unspecified atom stereocenters. The van der Waals surface area contributed by atoms with E-state index in [0.717, 1.165) is 57.4 Å². The summed E-state index contributed by atoms with van der Waals surface area (Å²) in [4.78, 5) is 6.90. The molecule has 0 aromatic heterocycles. The van der Waals surface area contributed by atoms with E-state index in [0.29, 0.717) is 18.4 Å². The minimum absolute atomic E-state index is 0. The molecular weight excluding hydrogens is 489 g/mol. The number of aliphatic imine (C=N–C) groups is 1. The summed E-state index contributed by atoms with van der Waals surface area (Å²) < 4.78 is 11.7. The molecule has 2 aromatic carbocycles. The van der Waals surface area contributed by atoms with Crippen LogP contribution >= 0.6 is 24.0 Å². The Hall–Kier alpha value is -1.80. The first-order valence-electron chi connectivity index (χ1n) is 10.6. The number of halogens is 1.